The maximum Gasteiger partial charge on any atom is 0.282 e. The molecule has 0 amide bonds. The molecule has 0 unspecified atom stereocenters. The third-order valence-corrected chi connectivity index (χ3v) is 5.56. The predicted octanol–water partition coefficient (Wildman–Crippen LogP) is 0.884. The summed E-state index contributed by atoms with van der Waals surface area (Å²) in [5.41, 5.74) is 0.710. The molecule has 0 radical (unpaired) electrons. The summed E-state index contributed by atoms with van der Waals surface area (Å²) in [6, 6.07) is 5.48. The molecule has 2 atom stereocenters. The number of aromatic nitrogens is 1. The van der Waals surface area contributed by atoms with Gasteiger partial charge in [0.1, 0.15) is 0 Å². The molecular formula is C15H25N3O4S. The highest BCUT2D eigenvalue weighted by molar-refractivity contribution is 7.86. The Balaban J connectivity index is 2.18. The second-order valence-electron chi connectivity index (χ2n) is 5.73. The molecule has 1 aliphatic rings. The SMILES string of the molecule is COCCN(Cc1ccccn1)S(=O)(=O)N1C[C@H](C)O[C@@H](C)C1. The average molecular weight is 343 g/mol. The van der Waals surface area contributed by atoms with E-state index in [9.17, 15) is 8.42 Å². The zero-order valence-corrected chi connectivity index (χ0v) is 14.7. The Kier molecular flexibility index (Phi) is 6.49. The molecule has 130 valence electrons. The van der Waals surface area contributed by atoms with E-state index < -0.39 is 10.2 Å². The van der Waals surface area contributed by atoms with Crippen LogP contribution in [0.2, 0.25) is 0 Å². The van der Waals surface area contributed by atoms with Crippen molar-refractivity contribution in [1.82, 2.24) is 13.6 Å². The fraction of sp³-hybridized carbons (Fsp3) is 0.667. The monoisotopic (exact) mass is 343 g/mol. The van der Waals surface area contributed by atoms with Crippen LogP contribution in [0.5, 0.6) is 0 Å². The summed E-state index contributed by atoms with van der Waals surface area (Å²) in [5, 5.41) is 0. The molecule has 0 aliphatic carbocycles. The normalized spacial score (nSPS) is 23.3. The van der Waals surface area contributed by atoms with E-state index in [1.807, 2.05) is 32.0 Å². The van der Waals surface area contributed by atoms with Gasteiger partial charge in [0.25, 0.3) is 10.2 Å². The minimum Gasteiger partial charge on any atom is -0.383 e. The highest BCUT2D eigenvalue weighted by atomic mass is 32.2. The lowest BCUT2D eigenvalue weighted by Gasteiger charge is -2.37. The third-order valence-electron chi connectivity index (χ3n) is 3.65. The first-order valence-corrected chi connectivity index (χ1v) is 9.12. The smallest absolute Gasteiger partial charge is 0.282 e. The van der Waals surface area contributed by atoms with Crippen LogP contribution in [0.1, 0.15) is 19.5 Å². The van der Waals surface area contributed by atoms with Crippen LogP contribution in [0.4, 0.5) is 0 Å². The van der Waals surface area contributed by atoms with Gasteiger partial charge in [0.15, 0.2) is 0 Å². The molecule has 7 nitrogen and oxygen atoms in total. The minimum absolute atomic E-state index is 0.118. The number of hydrogen-bond donors (Lipinski definition) is 0. The van der Waals surface area contributed by atoms with Crippen molar-refractivity contribution in [3.05, 3.63) is 30.1 Å². The summed E-state index contributed by atoms with van der Waals surface area (Å²) in [5.74, 6) is 0. The van der Waals surface area contributed by atoms with Crippen LogP contribution in [0, 0.1) is 0 Å². The van der Waals surface area contributed by atoms with E-state index in [-0.39, 0.29) is 25.3 Å². The van der Waals surface area contributed by atoms with Gasteiger partial charge < -0.3 is 9.47 Å². The Morgan fingerprint density at radius 3 is 2.61 bits per heavy atom. The van der Waals surface area contributed by atoms with Gasteiger partial charge in [-0.3, -0.25) is 4.98 Å². The Bertz CT molecular complexity index is 572. The van der Waals surface area contributed by atoms with E-state index in [2.05, 4.69) is 4.98 Å². The van der Waals surface area contributed by atoms with E-state index in [4.69, 9.17) is 9.47 Å². The predicted molar refractivity (Wildman–Crippen MR) is 87.0 cm³/mol. The van der Waals surface area contributed by atoms with Crippen molar-refractivity contribution in [2.45, 2.75) is 32.6 Å². The molecular weight excluding hydrogens is 318 g/mol. The molecule has 0 aromatic carbocycles. The van der Waals surface area contributed by atoms with Gasteiger partial charge >= 0.3 is 0 Å². The molecule has 1 fully saturated rings. The Morgan fingerprint density at radius 2 is 2.04 bits per heavy atom. The van der Waals surface area contributed by atoms with Crippen LogP contribution in [0.3, 0.4) is 0 Å². The standard InChI is InChI=1S/C15H25N3O4S/c1-13-10-18(11-14(2)22-13)23(19,20)17(8-9-21-3)12-15-6-4-5-7-16-15/h4-7,13-14H,8-12H2,1-3H3/t13-,14-/m0/s1. The maximum absolute atomic E-state index is 13.0. The number of morpholine rings is 1. The molecule has 23 heavy (non-hydrogen) atoms. The Morgan fingerprint density at radius 1 is 1.35 bits per heavy atom. The van der Waals surface area contributed by atoms with Gasteiger partial charge in [0.05, 0.1) is 31.1 Å². The second-order valence-corrected chi connectivity index (χ2v) is 7.66. The Hall–Kier alpha value is -1.06. The summed E-state index contributed by atoms with van der Waals surface area (Å²) in [4.78, 5) is 4.23. The number of hydrogen-bond acceptors (Lipinski definition) is 5. The van der Waals surface area contributed by atoms with Crippen molar-refractivity contribution in [3.8, 4) is 0 Å². The van der Waals surface area contributed by atoms with Crippen LogP contribution in [0.25, 0.3) is 0 Å². The maximum atomic E-state index is 13.0. The second kappa shape index (κ2) is 8.16. The van der Waals surface area contributed by atoms with Crippen molar-refractivity contribution in [2.24, 2.45) is 0 Å². The molecule has 1 aliphatic heterocycles. The third kappa shape index (κ3) is 4.95. The molecule has 8 heteroatoms. The van der Waals surface area contributed by atoms with E-state index >= 15 is 0 Å². The largest absolute Gasteiger partial charge is 0.383 e. The summed E-state index contributed by atoms with van der Waals surface area (Å²) in [7, 11) is -2.03. The molecule has 2 rings (SSSR count). The topological polar surface area (TPSA) is 72.0 Å². The Labute approximate surface area is 138 Å². The fourth-order valence-corrected chi connectivity index (χ4v) is 4.35. The zero-order valence-electron chi connectivity index (χ0n) is 13.9. The lowest BCUT2D eigenvalue weighted by Crippen LogP contribution is -2.53. The highest BCUT2D eigenvalue weighted by Gasteiger charge is 2.35. The van der Waals surface area contributed by atoms with Crippen LogP contribution in [-0.4, -0.2) is 67.6 Å². The highest BCUT2D eigenvalue weighted by Crippen LogP contribution is 2.19. The molecule has 0 N–H and O–H groups in total. The number of nitrogens with zero attached hydrogens (tertiary/aromatic N) is 3. The van der Waals surface area contributed by atoms with Gasteiger partial charge in [-0.05, 0) is 26.0 Å². The summed E-state index contributed by atoms with van der Waals surface area (Å²) in [6.45, 7) is 5.34. The van der Waals surface area contributed by atoms with E-state index in [0.717, 1.165) is 0 Å². The van der Waals surface area contributed by atoms with Gasteiger partial charge in [0.2, 0.25) is 0 Å². The van der Waals surface area contributed by atoms with Gasteiger partial charge in [-0.15, -0.1) is 0 Å². The summed E-state index contributed by atoms with van der Waals surface area (Å²) < 4.78 is 39.6. The van der Waals surface area contributed by atoms with Crippen molar-refractivity contribution in [2.75, 3.05) is 33.4 Å². The van der Waals surface area contributed by atoms with E-state index in [0.29, 0.717) is 25.4 Å². The fourth-order valence-electron chi connectivity index (χ4n) is 2.62. The molecule has 2 heterocycles. The minimum atomic E-state index is -3.59. The van der Waals surface area contributed by atoms with Gasteiger partial charge in [-0.1, -0.05) is 6.07 Å². The molecule has 0 saturated carbocycles. The van der Waals surface area contributed by atoms with Crippen molar-refractivity contribution in [1.29, 1.82) is 0 Å². The van der Waals surface area contributed by atoms with Crippen LogP contribution < -0.4 is 0 Å². The molecule has 0 spiro atoms. The van der Waals surface area contributed by atoms with Gasteiger partial charge in [-0.25, -0.2) is 0 Å². The lowest BCUT2D eigenvalue weighted by molar-refractivity contribution is -0.0456. The first-order valence-electron chi connectivity index (χ1n) is 7.73. The van der Waals surface area contributed by atoms with Crippen LogP contribution >= 0.6 is 0 Å². The van der Waals surface area contributed by atoms with Crippen molar-refractivity contribution in [3.63, 3.8) is 0 Å². The van der Waals surface area contributed by atoms with Crippen LogP contribution in [0.15, 0.2) is 24.4 Å². The average Bonchev–Trinajstić information content (AvgIpc) is 2.51. The quantitative estimate of drug-likeness (QED) is 0.735. The van der Waals surface area contributed by atoms with Crippen molar-refractivity contribution < 1.29 is 17.9 Å². The molecule has 1 saturated heterocycles. The zero-order chi connectivity index (χ0) is 16.9. The summed E-state index contributed by atoms with van der Waals surface area (Å²) >= 11 is 0. The van der Waals surface area contributed by atoms with Gasteiger partial charge in [-0.2, -0.15) is 17.0 Å². The summed E-state index contributed by atoms with van der Waals surface area (Å²) in [6.07, 6.45) is 1.43. The number of rotatable bonds is 7. The van der Waals surface area contributed by atoms with Crippen molar-refractivity contribution >= 4 is 10.2 Å². The number of pyridine rings is 1. The van der Waals surface area contributed by atoms with Crippen LogP contribution in [-0.2, 0) is 26.2 Å². The number of methoxy groups -OCH3 is 1. The first kappa shape index (κ1) is 18.3. The number of ether oxygens (including phenoxy) is 2. The lowest BCUT2D eigenvalue weighted by atomic mass is 10.3. The molecule has 0 bridgehead atoms. The van der Waals surface area contributed by atoms with E-state index in [1.54, 1.807) is 13.3 Å². The first-order chi connectivity index (χ1) is 10.9. The van der Waals surface area contributed by atoms with E-state index in [1.165, 1.54) is 8.61 Å². The molecule has 1 aromatic rings. The van der Waals surface area contributed by atoms with Gasteiger partial charge in [0, 0.05) is 32.9 Å². The molecule has 1 aromatic heterocycles.